The lowest BCUT2D eigenvalue weighted by Gasteiger charge is -2.32. The summed E-state index contributed by atoms with van der Waals surface area (Å²) >= 11 is 0. The maximum absolute atomic E-state index is 12.0. The Hall–Kier alpha value is -0.650. The van der Waals surface area contributed by atoms with Gasteiger partial charge in [0, 0.05) is 39.3 Å². The summed E-state index contributed by atoms with van der Waals surface area (Å²) in [7, 11) is 2.17. The van der Waals surface area contributed by atoms with E-state index in [9.17, 15) is 4.79 Å². The second-order valence-electron chi connectivity index (χ2n) is 6.03. The van der Waals surface area contributed by atoms with Gasteiger partial charge in [0.15, 0.2) is 0 Å². The summed E-state index contributed by atoms with van der Waals surface area (Å²) in [6.45, 7) is 10.5. The molecule has 0 aromatic rings. The number of carbonyl (C=O) groups excluding carboxylic acids is 1. The van der Waals surface area contributed by atoms with Gasteiger partial charge in [0.05, 0.1) is 5.92 Å². The number of carbonyl (C=O) groups is 1. The maximum Gasteiger partial charge on any atom is 0.224 e. The van der Waals surface area contributed by atoms with Crippen LogP contribution in [-0.2, 0) is 4.79 Å². The molecule has 0 bridgehead atoms. The van der Waals surface area contributed by atoms with E-state index in [4.69, 9.17) is 0 Å². The number of likely N-dealkylation sites (N-methyl/N-ethyl adjacent to an activating group) is 1. The standard InChI is InChI=1S/C14H28N4O/c1-12-10-15-11-13(12)14(19)16-4-3-5-18-8-6-17(2)7-9-18/h12-13,15H,3-11H2,1-2H3,(H,16,19)/t12-,13-/m1/s1. The van der Waals surface area contributed by atoms with Crippen molar-refractivity contribution in [2.45, 2.75) is 13.3 Å². The molecular formula is C14H28N4O. The zero-order chi connectivity index (χ0) is 13.7. The van der Waals surface area contributed by atoms with Crippen molar-refractivity contribution in [3.8, 4) is 0 Å². The van der Waals surface area contributed by atoms with Gasteiger partial charge in [0.2, 0.25) is 5.91 Å². The molecule has 2 N–H and O–H groups in total. The van der Waals surface area contributed by atoms with Crippen LogP contribution >= 0.6 is 0 Å². The third-order valence-electron chi connectivity index (χ3n) is 4.40. The lowest BCUT2D eigenvalue weighted by molar-refractivity contribution is -0.125. The molecule has 0 unspecified atom stereocenters. The van der Waals surface area contributed by atoms with Crippen LogP contribution in [0.25, 0.3) is 0 Å². The van der Waals surface area contributed by atoms with Crippen molar-refractivity contribution in [2.24, 2.45) is 11.8 Å². The van der Waals surface area contributed by atoms with E-state index < -0.39 is 0 Å². The molecule has 2 rings (SSSR count). The Bertz CT molecular complexity index is 289. The van der Waals surface area contributed by atoms with E-state index in [1.165, 1.54) is 0 Å². The Morgan fingerprint density at radius 2 is 2.00 bits per heavy atom. The predicted molar refractivity (Wildman–Crippen MR) is 77.1 cm³/mol. The van der Waals surface area contributed by atoms with Gasteiger partial charge in [0.1, 0.15) is 0 Å². The van der Waals surface area contributed by atoms with Crippen molar-refractivity contribution in [1.29, 1.82) is 0 Å². The second-order valence-corrected chi connectivity index (χ2v) is 6.03. The molecular weight excluding hydrogens is 240 g/mol. The average molecular weight is 268 g/mol. The van der Waals surface area contributed by atoms with Gasteiger partial charge < -0.3 is 20.4 Å². The minimum absolute atomic E-state index is 0.170. The van der Waals surface area contributed by atoms with Crippen LogP contribution in [0.4, 0.5) is 0 Å². The van der Waals surface area contributed by atoms with Gasteiger partial charge in [-0.2, -0.15) is 0 Å². The predicted octanol–water partition coefficient (Wildman–Crippen LogP) is -0.404. The first-order valence-electron chi connectivity index (χ1n) is 7.56. The summed E-state index contributed by atoms with van der Waals surface area (Å²) in [5.41, 5.74) is 0. The fraction of sp³-hybridized carbons (Fsp3) is 0.929. The summed E-state index contributed by atoms with van der Waals surface area (Å²) in [6.07, 6.45) is 1.06. The first-order valence-corrected chi connectivity index (χ1v) is 7.56. The number of nitrogens with zero attached hydrogens (tertiary/aromatic N) is 2. The summed E-state index contributed by atoms with van der Waals surface area (Å²) in [6, 6.07) is 0. The van der Waals surface area contributed by atoms with Crippen molar-refractivity contribution >= 4 is 5.91 Å². The number of nitrogens with one attached hydrogen (secondary N) is 2. The van der Waals surface area contributed by atoms with Crippen LogP contribution in [0.1, 0.15) is 13.3 Å². The monoisotopic (exact) mass is 268 g/mol. The van der Waals surface area contributed by atoms with Gasteiger partial charge in [0.25, 0.3) is 0 Å². The number of hydrogen-bond acceptors (Lipinski definition) is 4. The number of hydrogen-bond donors (Lipinski definition) is 2. The van der Waals surface area contributed by atoms with Crippen LogP contribution in [0.5, 0.6) is 0 Å². The molecule has 2 saturated heterocycles. The Morgan fingerprint density at radius 3 is 2.63 bits per heavy atom. The van der Waals surface area contributed by atoms with Crippen molar-refractivity contribution in [2.75, 3.05) is 59.4 Å². The van der Waals surface area contributed by atoms with E-state index in [0.717, 1.165) is 58.8 Å². The Balaban J connectivity index is 1.55. The van der Waals surface area contributed by atoms with Gasteiger partial charge in [-0.1, -0.05) is 6.92 Å². The molecule has 2 fully saturated rings. The minimum atomic E-state index is 0.170. The van der Waals surface area contributed by atoms with Crippen LogP contribution in [0.15, 0.2) is 0 Å². The van der Waals surface area contributed by atoms with Crippen LogP contribution in [0, 0.1) is 11.8 Å². The largest absolute Gasteiger partial charge is 0.356 e. The SMILES string of the molecule is C[C@@H]1CNC[C@H]1C(=O)NCCCN1CCN(C)CC1. The molecule has 2 aliphatic heterocycles. The van der Waals surface area contributed by atoms with Crippen LogP contribution < -0.4 is 10.6 Å². The molecule has 0 aliphatic carbocycles. The molecule has 5 nitrogen and oxygen atoms in total. The average Bonchev–Trinajstić information content (AvgIpc) is 2.83. The Morgan fingerprint density at radius 1 is 1.26 bits per heavy atom. The van der Waals surface area contributed by atoms with Gasteiger partial charge in [-0.05, 0) is 32.5 Å². The van der Waals surface area contributed by atoms with Crippen LogP contribution in [-0.4, -0.2) is 75.1 Å². The fourth-order valence-electron chi connectivity index (χ4n) is 2.88. The molecule has 5 heteroatoms. The third-order valence-corrected chi connectivity index (χ3v) is 4.40. The molecule has 110 valence electrons. The van der Waals surface area contributed by atoms with Crippen molar-refractivity contribution in [3.63, 3.8) is 0 Å². The molecule has 0 saturated carbocycles. The zero-order valence-electron chi connectivity index (χ0n) is 12.3. The van der Waals surface area contributed by atoms with E-state index in [0.29, 0.717) is 5.92 Å². The lowest BCUT2D eigenvalue weighted by atomic mass is 9.97. The molecule has 2 aliphatic rings. The van der Waals surface area contributed by atoms with E-state index in [1.54, 1.807) is 0 Å². The van der Waals surface area contributed by atoms with Gasteiger partial charge in [-0.3, -0.25) is 4.79 Å². The van der Waals surface area contributed by atoms with Gasteiger partial charge in [-0.25, -0.2) is 0 Å². The number of amides is 1. The quantitative estimate of drug-likeness (QED) is 0.666. The van der Waals surface area contributed by atoms with Crippen molar-refractivity contribution < 1.29 is 4.79 Å². The second kappa shape index (κ2) is 7.22. The third kappa shape index (κ3) is 4.44. The highest BCUT2D eigenvalue weighted by Gasteiger charge is 2.29. The van der Waals surface area contributed by atoms with E-state index >= 15 is 0 Å². The lowest BCUT2D eigenvalue weighted by Crippen LogP contribution is -2.45. The fourth-order valence-corrected chi connectivity index (χ4v) is 2.88. The van der Waals surface area contributed by atoms with E-state index in [-0.39, 0.29) is 11.8 Å². The summed E-state index contributed by atoms with van der Waals surface area (Å²) in [5.74, 6) is 0.872. The van der Waals surface area contributed by atoms with Crippen LogP contribution in [0.3, 0.4) is 0 Å². The van der Waals surface area contributed by atoms with Crippen molar-refractivity contribution in [1.82, 2.24) is 20.4 Å². The molecule has 0 aromatic heterocycles. The maximum atomic E-state index is 12.0. The normalized spacial score (nSPS) is 29.6. The summed E-state index contributed by atoms with van der Waals surface area (Å²) < 4.78 is 0. The molecule has 19 heavy (non-hydrogen) atoms. The highest BCUT2D eigenvalue weighted by molar-refractivity contribution is 5.79. The van der Waals surface area contributed by atoms with Gasteiger partial charge in [-0.15, -0.1) is 0 Å². The van der Waals surface area contributed by atoms with Gasteiger partial charge >= 0.3 is 0 Å². The molecule has 0 aromatic carbocycles. The minimum Gasteiger partial charge on any atom is -0.356 e. The summed E-state index contributed by atoms with van der Waals surface area (Å²) in [4.78, 5) is 16.8. The highest BCUT2D eigenvalue weighted by atomic mass is 16.1. The Kier molecular flexibility index (Phi) is 5.60. The van der Waals surface area contributed by atoms with Crippen LogP contribution in [0.2, 0.25) is 0 Å². The molecule has 0 spiro atoms. The topological polar surface area (TPSA) is 47.6 Å². The summed E-state index contributed by atoms with van der Waals surface area (Å²) in [5, 5.41) is 6.36. The number of rotatable bonds is 5. The molecule has 1 amide bonds. The first-order chi connectivity index (χ1) is 9.16. The smallest absolute Gasteiger partial charge is 0.224 e. The highest BCUT2D eigenvalue weighted by Crippen LogP contribution is 2.15. The van der Waals surface area contributed by atoms with E-state index in [1.807, 2.05) is 0 Å². The molecule has 2 atom stereocenters. The van der Waals surface area contributed by atoms with Crippen molar-refractivity contribution in [3.05, 3.63) is 0 Å². The number of piperazine rings is 1. The molecule has 0 radical (unpaired) electrons. The zero-order valence-corrected chi connectivity index (χ0v) is 12.3. The first kappa shape index (κ1) is 14.8. The van der Waals surface area contributed by atoms with E-state index in [2.05, 4.69) is 34.4 Å². The Labute approximate surface area is 116 Å². The molecule has 2 heterocycles.